The van der Waals surface area contributed by atoms with Crippen LogP contribution in [0.15, 0.2) is 24.3 Å². The predicted octanol–water partition coefficient (Wildman–Crippen LogP) is 3.77. The quantitative estimate of drug-likeness (QED) is 0.746. The van der Waals surface area contributed by atoms with Crippen molar-refractivity contribution in [2.45, 2.75) is 45.6 Å². The van der Waals surface area contributed by atoms with Crippen molar-refractivity contribution in [1.82, 2.24) is 10.2 Å². The standard InChI is InChI=1S/C21H33ClN2O2/c1-16(2)19-14-21(9-12-26-19,13-17-7-5-6-8-18(17)22)15-20(25)23-10-11-24(3)4/h5-8,16,19H,9-15H2,1-4H3,(H,23,25). The van der Waals surface area contributed by atoms with E-state index in [1.54, 1.807) is 0 Å². The van der Waals surface area contributed by atoms with E-state index in [4.69, 9.17) is 16.3 Å². The van der Waals surface area contributed by atoms with E-state index in [1.165, 1.54) is 0 Å². The van der Waals surface area contributed by atoms with Gasteiger partial charge in [0.15, 0.2) is 0 Å². The second-order valence-electron chi connectivity index (χ2n) is 8.21. The van der Waals surface area contributed by atoms with Crippen LogP contribution in [0.4, 0.5) is 0 Å². The Bertz CT molecular complexity index is 591. The Morgan fingerprint density at radius 2 is 2.12 bits per heavy atom. The molecule has 1 heterocycles. The normalized spacial score (nSPS) is 23.4. The van der Waals surface area contributed by atoms with Crippen LogP contribution in [-0.2, 0) is 16.0 Å². The Morgan fingerprint density at radius 1 is 1.38 bits per heavy atom. The van der Waals surface area contributed by atoms with E-state index in [0.717, 1.165) is 36.4 Å². The number of likely N-dealkylation sites (N-methyl/N-ethyl adjacent to an activating group) is 1. The maximum Gasteiger partial charge on any atom is 0.220 e. The van der Waals surface area contributed by atoms with Crippen LogP contribution in [0, 0.1) is 11.3 Å². The van der Waals surface area contributed by atoms with Crippen LogP contribution in [0.5, 0.6) is 0 Å². The molecule has 2 atom stereocenters. The van der Waals surface area contributed by atoms with Gasteiger partial charge in [0.25, 0.3) is 0 Å². The Labute approximate surface area is 163 Å². The molecule has 1 amide bonds. The fourth-order valence-corrected chi connectivity index (χ4v) is 3.90. The summed E-state index contributed by atoms with van der Waals surface area (Å²) < 4.78 is 5.99. The first kappa shape index (κ1) is 21.2. The molecule has 26 heavy (non-hydrogen) atoms. The number of rotatable bonds is 8. The molecule has 1 aromatic carbocycles. The van der Waals surface area contributed by atoms with Crippen molar-refractivity contribution in [3.63, 3.8) is 0 Å². The van der Waals surface area contributed by atoms with Gasteiger partial charge in [-0.1, -0.05) is 43.6 Å². The van der Waals surface area contributed by atoms with E-state index in [0.29, 0.717) is 25.5 Å². The lowest BCUT2D eigenvalue weighted by molar-refractivity contribution is -0.128. The minimum absolute atomic E-state index is 0.0968. The zero-order chi connectivity index (χ0) is 19.2. The summed E-state index contributed by atoms with van der Waals surface area (Å²) >= 11 is 6.42. The summed E-state index contributed by atoms with van der Waals surface area (Å²) in [6.07, 6.45) is 3.33. The van der Waals surface area contributed by atoms with Gasteiger partial charge in [0, 0.05) is 31.1 Å². The second-order valence-corrected chi connectivity index (χ2v) is 8.61. The molecule has 5 heteroatoms. The minimum Gasteiger partial charge on any atom is -0.378 e. The average molecular weight is 381 g/mol. The molecule has 1 saturated heterocycles. The van der Waals surface area contributed by atoms with Crippen LogP contribution >= 0.6 is 11.6 Å². The molecule has 2 rings (SSSR count). The lowest BCUT2D eigenvalue weighted by Crippen LogP contribution is -2.43. The number of nitrogens with zero attached hydrogens (tertiary/aromatic N) is 1. The van der Waals surface area contributed by atoms with Gasteiger partial charge in [0.2, 0.25) is 5.91 Å². The highest BCUT2D eigenvalue weighted by atomic mass is 35.5. The molecule has 1 N–H and O–H groups in total. The van der Waals surface area contributed by atoms with Gasteiger partial charge in [-0.2, -0.15) is 0 Å². The van der Waals surface area contributed by atoms with Crippen molar-refractivity contribution >= 4 is 17.5 Å². The number of hydrogen-bond donors (Lipinski definition) is 1. The van der Waals surface area contributed by atoms with E-state index in [1.807, 2.05) is 32.3 Å². The Kier molecular flexibility index (Phi) is 7.93. The van der Waals surface area contributed by atoms with E-state index in [9.17, 15) is 4.79 Å². The number of hydrogen-bond acceptors (Lipinski definition) is 3. The van der Waals surface area contributed by atoms with E-state index < -0.39 is 0 Å². The van der Waals surface area contributed by atoms with Crippen LogP contribution in [0.3, 0.4) is 0 Å². The molecule has 1 aliphatic heterocycles. The van der Waals surface area contributed by atoms with Crippen molar-refractivity contribution < 1.29 is 9.53 Å². The van der Waals surface area contributed by atoms with Gasteiger partial charge in [0.05, 0.1) is 6.10 Å². The smallest absolute Gasteiger partial charge is 0.220 e. The van der Waals surface area contributed by atoms with Gasteiger partial charge in [-0.25, -0.2) is 0 Å². The van der Waals surface area contributed by atoms with Crippen molar-refractivity contribution in [2.75, 3.05) is 33.8 Å². The van der Waals surface area contributed by atoms with Crippen LogP contribution in [0.2, 0.25) is 5.02 Å². The minimum atomic E-state index is -0.0968. The van der Waals surface area contributed by atoms with Crippen molar-refractivity contribution in [1.29, 1.82) is 0 Å². The largest absolute Gasteiger partial charge is 0.378 e. The number of carbonyl (C=O) groups is 1. The average Bonchev–Trinajstić information content (AvgIpc) is 2.56. The number of carbonyl (C=O) groups excluding carboxylic acids is 1. The van der Waals surface area contributed by atoms with Gasteiger partial charge < -0.3 is 15.0 Å². The zero-order valence-corrected chi connectivity index (χ0v) is 17.3. The van der Waals surface area contributed by atoms with Gasteiger partial charge in [-0.15, -0.1) is 0 Å². The Hall–Kier alpha value is -1.10. The van der Waals surface area contributed by atoms with Crippen LogP contribution < -0.4 is 5.32 Å². The molecule has 4 nitrogen and oxygen atoms in total. The maximum absolute atomic E-state index is 12.6. The third-order valence-corrected chi connectivity index (χ3v) is 5.65. The number of nitrogens with one attached hydrogen (secondary N) is 1. The van der Waals surface area contributed by atoms with Gasteiger partial charge in [0.1, 0.15) is 0 Å². The summed E-state index contributed by atoms with van der Waals surface area (Å²) in [5, 5.41) is 3.86. The maximum atomic E-state index is 12.6. The summed E-state index contributed by atoms with van der Waals surface area (Å²) in [6.45, 7) is 6.61. The number of amides is 1. The molecule has 2 unspecified atom stereocenters. The molecule has 0 aromatic heterocycles. The van der Waals surface area contributed by atoms with Crippen molar-refractivity contribution in [2.24, 2.45) is 11.3 Å². The highest BCUT2D eigenvalue weighted by Crippen LogP contribution is 2.42. The van der Waals surface area contributed by atoms with Crippen molar-refractivity contribution in [3.05, 3.63) is 34.9 Å². The SMILES string of the molecule is CC(C)C1CC(CC(=O)NCCN(C)C)(Cc2ccccc2Cl)CCO1. The fourth-order valence-electron chi connectivity index (χ4n) is 3.69. The summed E-state index contributed by atoms with van der Waals surface area (Å²) in [6, 6.07) is 7.98. The predicted molar refractivity (Wildman–Crippen MR) is 108 cm³/mol. The monoisotopic (exact) mass is 380 g/mol. The molecule has 0 spiro atoms. The summed E-state index contributed by atoms with van der Waals surface area (Å²) in [4.78, 5) is 14.7. The first-order chi connectivity index (χ1) is 12.3. The molecule has 1 aromatic rings. The van der Waals surface area contributed by atoms with Crippen LogP contribution in [0.25, 0.3) is 0 Å². The first-order valence-electron chi connectivity index (χ1n) is 9.58. The first-order valence-corrected chi connectivity index (χ1v) is 9.95. The van der Waals surface area contributed by atoms with E-state index >= 15 is 0 Å². The number of benzene rings is 1. The molecule has 0 bridgehead atoms. The molecular formula is C21H33ClN2O2. The summed E-state index contributed by atoms with van der Waals surface area (Å²) in [5.74, 6) is 0.570. The van der Waals surface area contributed by atoms with Crippen LogP contribution in [-0.4, -0.2) is 50.7 Å². The van der Waals surface area contributed by atoms with Crippen LogP contribution in [0.1, 0.15) is 38.7 Å². The van der Waals surface area contributed by atoms with E-state index in [-0.39, 0.29) is 17.4 Å². The second kappa shape index (κ2) is 9.72. The fraction of sp³-hybridized carbons (Fsp3) is 0.667. The van der Waals surface area contributed by atoms with Crippen molar-refractivity contribution in [3.8, 4) is 0 Å². The van der Waals surface area contributed by atoms with Gasteiger partial charge in [-0.3, -0.25) is 4.79 Å². The lowest BCUT2D eigenvalue weighted by atomic mass is 9.69. The molecule has 1 fully saturated rings. The summed E-state index contributed by atoms with van der Waals surface area (Å²) in [5.41, 5.74) is 1.03. The Morgan fingerprint density at radius 3 is 2.77 bits per heavy atom. The molecule has 0 radical (unpaired) electrons. The number of ether oxygens (including phenoxy) is 1. The lowest BCUT2D eigenvalue weighted by Gasteiger charge is -2.42. The molecule has 1 aliphatic rings. The molecule has 0 saturated carbocycles. The topological polar surface area (TPSA) is 41.6 Å². The van der Waals surface area contributed by atoms with Gasteiger partial charge >= 0.3 is 0 Å². The van der Waals surface area contributed by atoms with E-state index in [2.05, 4.69) is 30.1 Å². The van der Waals surface area contributed by atoms with Gasteiger partial charge in [-0.05, 0) is 56.3 Å². The molecule has 0 aliphatic carbocycles. The summed E-state index contributed by atoms with van der Waals surface area (Å²) in [7, 11) is 4.02. The third-order valence-electron chi connectivity index (χ3n) is 5.28. The molecular weight excluding hydrogens is 348 g/mol. The number of halogens is 1. The molecule has 146 valence electrons. The highest BCUT2D eigenvalue weighted by molar-refractivity contribution is 6.31. The highest BCUT2D eigenvalue weighted by Gasteiger charge is 2.40. The Balaban J connectivity index is 2.13. The zero-order valence-electron chi connectivity index (χ0n) is 16.6. The third kappa shape index (κ3) is 6.26.